The topological polar surface area (TPSA) is 41.6 Å². The van der Waals surface area contributed by atoms with E-state index in [0.717, 1.165) is 44.5 Å². The highest BCUT2D eigenvalue weighted by atomic mass is 16.5. The maximum Gasteiger partial charge on any atom is 0.254 e. The van der Waals surface area contributed by atoms with Crippen LogP contribution in [-0.4, -0.2) is 49.7 Å². The average molecular weight is 274 g/mol. The second-order valence-electron chi connectivity index (χ2n) is 5.52. The summed E-state index contributed by atoms with van der Waals surface area (Å²) in [6.45, 7) is 4.25. The number of amides is 1. The van der Waals surface area contributed by atoms with Crippen LogP contribution in [0.15, 0.2) is 24.3 Å². The predicted octanol–water partition coefficient (Wildman–Crippen LogP) is 1.45. The number of ether oxygens (including phenoxy) is 1. The summed E-state index contributed by atoms with van der Waals surface area (Å²) in [6, 6.07) is 7.92. The molecule has 0 unspecified atom stereocenters. The summed E-state index contributed by atoms with van der Waals surface area (Å²) in [5.41, 5.74) is 2.04. The van der Waals surface area contributed by atoms with Gasteiger partial charge in [-0.1, -0.05) is 18.2 Å². The van der Waals surface area contributed by atoms with Crippen molar-refractivity contribution < 1.29 is 9.53 Å². The van der Waals surface area contributed by atoms with Crippen molar-refractivity contribution in [2.45, 2.75) is 25.4 Å². The lowest BCUT2D eigenvalue weighted by atomic mass is 9.99. The minimum Gasteiger partial charge on any atom is -0.376 e. The van der Waals surface area contributed by atoms with Crippen LogP contribution in [0, 0.1) is 0 Å². The second-order valence-corrected chi connectivity index (χ2v) is 5.52. The minimum atomic E-state index is 0.153. The Labute approximate surface area is 120 Å². The van der Waals surface area contributed by atoms with Crippen LogP contribution in [0.25, 0.3) is 0 Å². The second kappa shape index (κ2) is 6.37. The number of hydrogen-bond acceptors (Lipinski definition) is 3. The predicted molar refractivity (Wildman–Crippen MR) is 77.9 cm³/mol. The number of carbonyl (C=O) groups excluding carboxylic acids is 1. The molecule has 1 fully saturated rings. The van der Waals surface area contributed by atoms with Crippen molar-refractivity contribution in [3.05, 3.63) is 35.4 Å². The number of benzene rings is 1. The molecule has 2 heterocycles. The summed E-state index contributed by atoms with van der Waals surface area (Å²) in [6.07, 6.45) is 3.48. The molecule has 3 rings (SSSR count). The van der Waals surface area contributed by atoms with Gasteiger partial charge in [0, 0.05) is 18.7 Å². The molecule has 2 aliphatic rings. The molecule has 1 saturated heterocycles. The third-order valence-electron chi connectivity index (χ3n) is 4.19. The zero-order valence-electron chi connectivity index (χ0n) is 11.8. The van der Waals surface area contributed by atoms with Gasteiger partial charge in [0.1, 0.15) is 0 Å². The summed E-state index contributed by atoms with van der Waals surface area (Å²) >= 11 is 0. The Morgan fingerprint density at radius 3 is 2.90 bits per heavy atom. The Balaban J connectivity index is 1.50. The molecule has 1 aromatic carbocycles. The summed E-state index contributed by atoms with van der Waals surface area (Å²) < 4.78 is 5.89. The fraction of sp³-hybridized carbons (Fsp3) is 0.562. The van der Waals surface area contributed by atoms with Gasteiger partial charge >= 0.3 is 0 Å². The number of hydrogen-bond donors (Lipinski definition) is 1. The molecule has 0 spiro atoms. The SMILES string of the molecule is O=C1c2ccccc2CCN1CCOC1CCNCC1. The number of nitrogens with one attached hydrogen (secondary N) is 1. The number of fused-ring (bicyclic) bond motifs is 1. The molecule has 0 atom stereocenters. The molecule has 1 aromatic rings. The van der Waals surface area contributed by atoms with Crippen molar-refractivity contribution in [3.63, 3.8) is 0 Å². The van der Waals surface area contributed by atoms with E-state index < -0.39 is 0 Å². The van der Waals surface area contributed by atoms with E-state index in [1.807, 2.05) is 23.1 Å². The van der Waals surface area contributed by atoms with E-state index >= 15 is 0 Å². The molecule has 2 aliphatic heterocycles. The van der Waals surface area contributed by atoms with Gasteiger partial charge in [0.2, 0.25) is 0 Å². The first-order valence-electron chi connectivity index (χ1n) is 7.54. The quantitative estimate of drug-likeness (QED) is 0.903. The molecule has 20 heavy (non-hydrogen) atoms. The van der Waals surface area contributed by atoms with Crippen LogP contribution in [0.3, 0.4) is 0 Å². The van der Waals surface area contributed by atoms with E-state index in [1.165, 1.54) is 5.56 Å². The number of nitrogens with zero attached hydrogens (tertiary/aromatic N) is 1. The summed E-state index contributed by atoms with van der Waals surface area (Å²) in [4.78, 5) is 14.3. The van der Waals surface area contributed by atoms with Gasteiger partial charge < -0.3 is 15.0 Å². The first-order valence-corrected chi connectivity index (χ1v) is 7.54. The fourth-order valence-electron chi connectivity index (χ4n) is 2.98. The van der Waals surface area contributed by atoms with Crippen molar-refractivity contribution >= 4 is 5.91 Å². The lowest BCUT2D eigenvalue weighted by Gasteiger charge is -2.29. The van der Waals surface area contributed by atoms with E-state index in [1.54, 1.807) is 0 Å². The van der Waals surface area contributed by atoms with Gasteiger partial charge in [0.25, 0.3) is 5.91 Å². The average Bonchev–Trinajstić information content (AvgIpc) is 2.51. The summed E-state index contributed by atoms with van der Waals surface area (Å²) in [5, 5.41) is 3.33. The van der Waals surface area contributed by atoms with Gasteiger partial charge in [0.15, 0.2) is 0 Å². The van der Waals surface area contributed by atoms with Crippen LogP contribution >= 0.6 is 0 Å². The van der Waals surface area contributed by atoms with Gasteiger partial charge in [-0.25, -0.2) is 0 Å². The molecule has 108 valence electrons. The Kier molecular flexibility index (Phi) is 4.33. The molecule has 4 nitrogen and oxygen atoms in total. The summed E-state index contributed by atoms with van der Waals surface area (Å²) in [7, 11) is 0. The van der Waals surface area contributed by atoms with Gasteiger partial charge in [-0.2, -0.15) is 0 Å². The van der Waals surface area contributed by atoms with Crippen molar-refractivity contribution in [3.8, 4) is 0 Å². The third-order valence-corrected chi connectivity index (χ3v) is 4.19. The van der Waals surface area contributed by atoms with Crippen molar-refractivity contribution in [2.24, 2.45) is 0 Å². The Hall–Kier alpha value is -1.39. The molecular formula is C16H22N2O2. The van der Waals surface area contributed by atoms with Crippen LogP contribution in [0.2, 0.25) is 0 Å². The number of piperidine rings is 1. The summed E-state index contributed by atoms with van der Waals surface area (Å²) in [5.74, 6) is 0.153. The van der Waals surface area contributed by atoms with Crippen molar-refractivity contribution in [1.29, 1.82) is 0 Å². The smallest absolute Gasteiger partial charge is 0.254 e. The lowest BCUT2D eigenvalue weighted by molar-refractivity contribution is 0.0188. The number of carbonyl (C=O) groups is 1. The Bertz CT molecular complexity index is 469. The van der Waals surface area contributed by atoms with Crippen molar-refractivity contribution in [1.82, 2.24) is 10.2 Å². The maximum absolute atomic E-state index is 12.4. The van der Waals surface area contributed by atoms with E-state index in [9.17, 15) is 4.79 Å². The van der Waals surface area contributed by atoms with Crippen LogP contribution in [0.5, 0.6) is 0 Å². The standard InChI is InChI=1S/C16H22N2O2/c19-16-15-4-2-1-3-13(15)7-10-18(16)11-12-20-14-5-8-17-9-6-14/h1-4,14,17H,5-12H2. The Morgan fingerprint density at radius 1 is 1.25 bits per heavy atom. The van der Waals surface area contributed by atoms with Gasteiger partial charge in [-0.3, -0.25) is 4.79 Å². The molecule has 0 radical (unpaired) electrons. The van der Waals surface area contributed by atoms with E-state index in [0.29, 0.717) is 19.3 Å². The molecular weight excluding hydrogens is 252 g/mol. The molecule has 4 heteroatoms. The zero-order valence-corrected chi connectivity index (χ0v) is 11.8. The van der Waals surface area contributed by atoms with Gasteiger partial charge in [-0.15, -0.1) is 0 Å². The normalized spacial score (nSPS) is 20.0. The largest absolute Gasteiger partial charge is 0.376 e. The third kappa shape index (κ3) is 3.02. The van der Waals surface area contributed by atoms with Crippen LogP contribution in [0.1, 0.15) is 28.8 Å². The van der Waals surface area contributed by atoms with Crippen molar-refractivity contribution in [2.75, 3.05) is 32.8 Å². The highest BCUT2D eigenvalue weighted by Crippen LogP contribution is 2.18. The molecule has 1 amide bonds. The molecule has 0 aromatic heterocycles. The monoisotopic (exact) mass is 274 g/mol. The van der Waals surface area contributed by atoms with Gasteiger partial charge in [-0.05, 0) is 44.0 Å². The lowest BCUT2D eigenvalue weighted by Crippen LogP contribution is -2.40. The minimum absolute atomic E-state index is 0.153. The highest BCUT2D eigenvalue weighted by molar-refractivity contribution is 5.96. The van der Waals surface area contributed by atoms with E-state index in [-0.39, 0.29) is 5.91 Å². The first-order chi connectivity index (χ1) is 9.84. The highest BCUT2D eigenvalue weighted by Gasteiger charge is 2.23. The molecule has 0 bridgehead atoms. The molecule has 0 aliphatic carbocycles. The van der Waals surface area contributed by atoms with E-state index in [2.05, 4.69) is 11.4 Å². The van der Waals surface area contributed by atoms with E-state index in [4.69, 9.17) is 4.74 Å². The Morgan fingerprint density at radius 2 is 2.05 bits per heavy atom. The van der Waals surface area contributed by atoms with Gasteiger partial charge in [0.05, 0.1) is 12.7 Å². The first kappa shape index (κ1) is 13.6. The van der Waals surface area contributed by atoms with Crippen LogP contribution < -0.4 is 5.32 Å². The van der Waals surface area contributed by atoms with Crippen LogP contribution in [0.4, 0.5) is 0 Å². The molecule has 1 N–H and O–H groups in total. The van der Waals surface area contributed by atoms with Crippen LogP contribution in [-0.2, 0) is 11.2 Å². The maximum atomic E-state index is 12.4. The zero-order chi connectivity index (χ0) is 13.8. The number of rotatable bonds is 4. The fourth-order valence-corrected chi connectivity index (χ4v) is 2.98. The molecule has 0 saturated carbocycles.